The van der Waals surface area contributed by atoms with Crippen LogP contribution in [0.1, 0.15) is 19.8 Å². The fourth-order valence-electron chi connectivity index (χ4n) is 3.45. The maximum absolute atomic E-state index is 13.3. The van der Waals surface area contributed by atoms with E-state index in [0.717, 1.165) is 23.3 Å². The van der Waals surface area contributed by atoms with Gasteiger partial charge in [-0.1, -0.05) is 37.1 Å². The number of rotatable bonds is 10. The molecule has 4 aromatic rings. The lowest BCUT2D eigenvalue weighted by atomic mass is 10.2. The van der Waals surface area contributed by atoms with Crippen LogP contribution in [0.2, 0.25) is 5.02 Å². The van der Waals surface area contributed by atoms with Crippen molar-refractivity contribution in [2.45, 2.75) is 19.8 Å². The number of hydrogen-bond donors (Lipinski definition) is 1. The number of hydrogen-bond acceptors (Lipinski definition) is 7. The number of nitrogens with one attached hydrogen (secondary N) is 1. The van der Waals surface area contributed by atoms with Crippen LogP contribution in [0, 0.1) is 0 Å². The van der Waals surface area contributed by atoms with Crippen LogP contribution < -0.4 is 20.3 Å². The number of unbranched alkanes of at least 4 members (excludes halogenated alkanes) is 1. The number of methoxy groups -OCH3 is 1. The molecule has 0 saturated carbocycles. The fraction of sp³-hybridized carbons (Fsp3) is 0.269. The lowest BCUT2D eigenvalue weighted by Crippen LogP contribution is -2.29. The van der Waals surface area contributed by atoms with Crippen LogP contribution in [0.5, 0.6) is 11.5 Å². The van der Waals surface area contributed by atoms with Crippen LogP contribution in [0.25, 0.3) is 26.3 Å². The summed E-state index contributed by atoms with van der Waals surface area (Å²) in [6.07, 6.45) is 2.82. The molecule has 4 rings (SSSR count). The van der Waals surface area contributed by atoms with Crippen LogP contribution >= 0.6 is 22.9 Å². The van der Waals surface area contributed by atoms with Crippen LogP contribution in [0.3, 0.4) is 0 Å². The molecule has 10 heteroatoms. The Morgan fingerprint density at radius 3 is 2.67 bits per heavy atom. The highest BCUT2D eigenvalue weighted by Crippen LogP contribution is 2.32. The standard InChI is InChI=1S/C26H26ClN3O5S/c1-3-4-12-35-26(32)28-11-13-34-21-10-9-19(14-22(21)33-2)30-16-29-20-15-23(36-24(20)25(30)31)17-5-7-18(27)8-6-17/h5-10,14-16H,3-4,11-13H2,1-2H3,(H,28,32). The molecule has 2 heterocycles. The Labute approximate surface area is 217 Å². The number of nitrogens with zero attached hydrogens (tertiary/aromatic N) is 2. The molecule has 0 spiro atoms. The minimum absolute atomic E-state index is 0.174. The first-order chi connectivity index (χ1) is 17.5. The van der Waals surface area contributed by atoms with Crippen molar-refractivity contribution < 1.29 is 19.0 Å². The number of halogens is 1. The quantitative estimate of drug-likeness (QED) is 0.267. The van der Waals surface area contributed by atoms with Gasteiger partial charge in [0.1, 0.15) is 17.6 Å². The minimum Gasteiger partial charge on any atom is -0.493 e. The molecule has 36 heavy (non-hydrogen) atoms. The average Bonchev–Trinajstić information content (AvgIpc) is 3.33. The molecule has 0 aliphatic carbocycles. The number of ether oxygens (including phenoxy) is 3. The van der Waals surface area contributed by atoms with Gasteiger partial charge in [0, 0.05) is 16.0 Å². The van der Waals surface area contributed by atoms with Crippen LogP contribution in [0.4, 0.5) is 4.79 Å². The number of thiophene rings is 1. The number of amides is 1. The molecule has 1 N–H and O–H groups in total. The normalized spacial score (nSPS) is 10.9. The molecule has 0 atom stereocenters. The summed E-state index contributed by atoms with van der Waals surface area (Å²) in [6, 6.07) is 14.6. The van der Waals surface area contributed by atoms with E-state index in [4.69, 9.17) is 25.8 Å². The van der Waals surface area contributed by atoms with Crippen molar-refractivity contribution in [3.63, 3.8) is 0 Å². The highest BCUT2D eigenvalue weighted by molar-refractivity contribution is 7.22. The van der Waals surface area contributed by atoms with Crippen LogP contribution in [0.15, 0.2) is 59.7 Å². The average molecular weight is 528 g/mol. The summed E-state index contributed by atoms with van der Waals surface area (Å²) in [7, 11) is 1.53. The van der Waals surface area contributed by atoms with Crippen molar-refractivity contribution in [2.24, 2.45) is 0 Å². The van der Waals surface area contributed by atoms with E-state index in [2.05, 4.69) is 10.3 Å². The van der Waals surface area contributed by atoms with Crippen molar-refractivity contribution in [2.75, 3.05) is 26.9 Å². The van der Waals surface area contributed by atoms with Gasteiger partial charge in [0.25, 0.3) is 5.56 Å². The first kappa shape index (κ1) is 25.5. The fourth-order valence-corrected chi connectivity index (χ4v) is 4.62. The van der Waals surface area contributed by atoms with Gasteiger partial charge in [-0.3, -0.25) is 9.36 Å². The van der Waals surface area contributed by atoms with Crippen molar-refractivity contribution in [1.82, 2.24) is 14.9 Å². The Bertz CT molecular complexity index is 1400. The Hall–Kier alpha value is -3.56. The molecule has 0 aliphatic rings. The number of benzene rings is 2. The molecule has 0 aliphatic heterocycles. The van der Waals surface area contributed by atoms with E-state index >= 15 is 0 Å². The molecule has 0 fully saturated rings. The molecule has 0 radical (unpaired) electrons. The van der Waals surface area contributed by atoms with Gasteiger partial charge in [-0.25, -0.2) is 9.78 Å². The van der Waals surface area contributed by atoms with E-state index in [1.54, 1.807) is 18.2 Å². The molecule has 2 aromatic carbocycles. The highest BCUT2D eigenvalue weighted by atomic mass is 35.5. The Morgan fingerprint density at radius 2 is 1.92 bits per heavy atom. The molecule has 1 amide bonds. The highest BCUT2D eigenvalue weighted by Gasteiger charge is 2.14. The van der Waals surface area contributed by atoms with Gasteiger partial charge in [0.2, 0.25) is 0 Å². The van der Waals surface area contributed by atoms with E-state index < -0.39 is 6.09 Å². The molecular weight excluding hydrogens is 502 g/mol. The first-order valence-corrected chi connectivity index (χ1v) is 12.7. The van der Waals surface area contributed by atoms with E-state index in [1.165, 1.54) is 29.3 Å². The Morgan fingerprint density at radius 1 is 1.11 bits per heavy atom. The molecule has 188 valence electrons. The monoisotopic (exact) mass is 527 g/mol. The third kappa shape index (κ3) is 5.98. The van der Waals surface area contributed by atoms with Crippen LogP contribution in [-0.4, -0.2) is 42.5 Å². The molecule has 0 saturated heterocycles. The van der Waals surface area contributed by atoms with Gasteiger partial charge in [0.15, 0.2) is 11.5 Å². The second kappa shape index (κ2) is 11.9. The van der Waals surface area contributed by atoms with Gasteiger partial charge >= 0.3 is 6.09 Å². The molecular formula is C26H26ClN3O5S. The number of carbonyl (C=O) groups excluding carboxylic acids is 1. The summed E-state index contributed by atoms with van der Waals surface area (Å²) in [4.78, 5) is 30.3. The smallest absolute Gasteiger partial charge is 0.407 e. The zero-order valence-electron chi connectivity index (χ0n) is 20.0. The zero-order valence-corrected chi connectivity index (χ0v) is 21.5. The maximum Gasteiger partial charge on any atom is 0.407 e. The van der Waals surface area contributed by atoms with Gasteiger partial charge in [-0.05, 0) is 42.3 Å². The van der Waals surface area contributed by atoms with E-state index in [1.807, 2.05) is 37.3 Å². The van der Waals surface area contributed by atoms with Crippen molar-refractivity contribution >= 4 is 39.2 Å². The summed E-state index contributed by atoms with van der Waals surface area (Å²) < 4.78 is 18.3. The second-order valence-corrected chi connectivity index (χ2v) is 9.34. The third-order valence-electron chi connectivity index (χ3n) is 5.35. The van der Waals surface area contributed by atoms with Gasteiger partial charge in [0.05, 0.1) is 31.5 Å². The molecule has 2 aromatic heterocycles. The molecule has 0 unspecified atom stereocenters. The number of aromatic nitrogens is 2. The molecule has 8 nitrogen and oxygen atoms in total. The summed E-state index contributed by atoms with van der Waals surface area (Å²) >= 11 is 7.38. The predicted molar refractivity (Wildman–Crippen MR) is 142 cm³/mol. The maximum atomic E-state index is 13.3. The van der Waals surface area contributed by atoms with E-state index in [-0.39, 0.29) is 18.7 Å². The number of carbonyl (C=O) groups is 1. The number of alkyl carbamates (subject to hydrolysis) is 1. The molecule has 0 bridgehead atoms. The predicted octanol–water partition coefficient (Wildman–Crippen LogP) is 5.68. The van der Waals surface area contributed by atoms with Crippen molar-refractivity contribution in [3.8, 4) is 27.6 Å². The third-order valence-corrected chi connectivity index (χ3v) is 6.77. The lowest BCUT2D eigenvalue weighted by molar-refractivity contribution is 0.142. The van der Waals surface area contributed by atoms with Crippen LogP contribution in [-0.2, 0) is 4.74 Å². The van der Waals surface area contributed by atoms with Gasteiger partial charge in [-0.2, -0.15) is 0 Å². The number of fused-ring (bicyclic) bond motifs is 1. The topological polar surface area (TPSA) is 91.7 Å². The summed E-state index contributed by atoms with van der Waals surface area (Å²) in [5.74, 6) is 0.948. The van der Waals surface area contributed by atoms with Crippen molar-refractivity contribution in [1.29, 1.82) is 0 Å². The zero-order chi connectivity index (χ0) is 25.5. The first-order valence-electron chi connectivity index (χ1n) is 11.5. The van der Waals surface area contributed by atoms with E-state index in [0.29, 0.717) is 39.0 Å². The largest absolute Gasteiger partial charge is 0.493 e. The van der Waals surface area contributed by atoms with Gasteiger partial charge in [-0.15, -0.1) is 11.3 Å². The Balaban J connectivity index is 1.48. The minimum atomic E-state index is -0.468. The summed E-state index contributed by atoms with van der Waals surface area (Å²) in [5.41, 5.74) is 2.03. The summed E-state index contributed by atoms with van der Waals surface area (Å²) in [5, 5.41) is 3.30. The Kier molecular flexibility index (Phi) is 8.45. The van der Waals surface area contributed by atoms with Crippen molar-refractivity contribution in [3.05, 3.63) is 70.2 Å². The SMILES string of the molecule is CCCCOC(=O)NCCOc1ccc(-n2cnc3cc(-c4ccc(Cl)cc4)sc3c2=O)cc1OC. The second-order valence-electron chi connectivity index (χ2n) is 7.85. The van der Waals surface area contributed by atoms with Gasteiger partial charge < -0.3 is 19.5 Å². The summed E-state index contributed by atoms with van der Waals surface area (Å²) in [6.45, 7) is 2.94. The van der Waals surface area contributed by atoms with E-state index in [9.17, 15) is 9.59 Å². The lowest BCUT2D eigenvalue weighted by Gasteiger charge is -2.13.